The number of halogens is 2. The summed E-state index contributed by atoms with van der Waals surface area (Å²) in [6.07, 6.45) is 0.592. The number of nitrogens with two attached hydrogens (primary N) is 1. The van der Waals surface area contributed by atoms with Gasteiger partial charge >= 0.3 is 5.69 Å². The zero-order valence-electron chi connectivity index (χ0n) is 15.4. The predicted molar refractivity (Wildman–Crippen MR) is 97.8 cm³/mol. The van der Waals surface area contributed by atoms with Gasteiger partial charge in [0.1, 0.15) is 23.0 Å². The standard InChI is InChI=1S/C18H22F2N4O3/c1-4-7-24-16(21)15(17(26)23(3)18(24)27)14(25)9-22-10(2)12-6-5-11(19)8-13(12)20/h5-6,8,10,22H,4,7,9,21H2,1-3H3/t10-/m1/s1. The summed E-state index contributed by atoms with van der Waals surface area (Å²) in [7, 11) is 1.27. The number of ketones is 1. The lowest BCUT2D eigenvalue weighted by Crippen LogP contribution is -2.43. The van der Waals surface area contributed by atoms with Crippen molar-refractivity contribution in [2.75, 3.05) is 12.3 Å². The Bertz CT molecular complexity index is 982. The number of carbonyl (C=O) groups excluding carboxylic acids is 1. The fourth-order valence-corrected chi connectivity index (χ4v) is 2.78. The topological polar surface area (TPSA) is 99.1 Å². The highest BCUT2D eigenvalue weighted by Crippen LogP contribution is 2.17. The van der Waals surface area contributed by atoms with Crippen LogP contribution < -0.4 is 22.3 Å². The third-order valence-corrected chi connectivity index (χ3v) is 4.31. The number of carbonyl (C=O) groups is 1. The second-order valence-electron chi connectivity index (χ2n) is 6.25. The molecule has 1 aromatic heterocycles. The van der Waals surface area contributed by atoms with Crippen LogP contribution in [0.2, 0.25) is 0 Å². The molecular weight excluding hydrogens is 358 g/mol. The van der Waals surface area contributed by atoms with Gasteiger partial charge in [0.25, 0.3) is 5.56 Å². The quantitative estimate of drug-likeness (QED) is 0.707. The van der Waals surface area contributed by atoms with E-state index in [1.54, 1.807) is 6.92 Å². The zero-order chi connectivity index (χ0) is 20.3. The number of rotatable bonds is 7. The largest absolute Gasteiger partial charge is 0.384 e. The summed E-state index contributed by atoms with van der Waals surface area (Å²) in [5, 5.41) is 2.79. The van der Waals surface area contributed by atoms with Crippen molar-refractivity contribution in [2.45, 2.75) is 32.9 Å². The number of benzene rings is 1. The van der Waals surface area contributed by atoms with Crippen LogP contribution in [-0.2, 0) is 13.6 Å². The minimum atomic E-state index is -0.780. The van der Waals surface area contributed by atoms with Gasteiger partial charge in [0.2, 0.25) is 0 Å². The number of hydrogen-bond donors (Lipinski definition) is 2. The third kappa shape index (κ3) is 4.13. The average molecular weight is 380 g/mol. The maximum absolute atomic E-state index is 13.8. The van der Waals surface area contributed by atoms with E-state index < -0.39 is 34.7 Å². The van der Waals surface area contributed by atoms with Crippen molar-refractivity contribution in [2.24, 2.45) is 7.05 Å². The number of nitrogens with zero attached hydrogens (tertiary/aromatic N) is 2. The smallest absolute Gasteiger partial charge is 0.332 e. The van der Waals surface area contributed by atoms with Gasteiger partial charge in [-0.3, -0.25) is 18.7 Å². The average Bonchev–Trinajstić information content (AvgIpc) is 2.61. The van der Waals surface area contributed by atoms with Crippen LogP contribution in [0.1, 0.15) is 42.2 Å². The Hall–Kier alpha value is -2.81. The van der Waals surface area contributed by atoms with Crippen molar-refractivity contribution < 1.29 is 13.6 Å². The summed E-state index contributed by atoms with van der Waals surface area (Å²) in [5.41, 5.74) is 4.42. The lowest BCUT2D eigenvalue weighted by atomic mass is 10.1. The second kappa shape index (κ2) is 8.26. The molecule has 0 aliphatic rings. The van der Waals surface area contributed by atoms with Crippen LogP contribution in [0.15, 0.2) is 27.8 Å². The van der Waals surface area contributed by atoms with Gasteiger partial charge in [0, 0.05) is 31.3 Å². The summed E-state index contributed by atoms with van der Waals surface area (Å²) < 4.78 is 28.9. The highest BCUT2D eigenvalue weighted by atomic mass is 19.1. The number of anilines is 1. The van der Waals surface area contributed by atoms with Crippen LogP contribution in [0.4, 0.5) is 14.6 Å². The Balaban J connectivity index is 2.28. The Morgan fingerprint density at radius 2 is 1.96 bits per heavy atom. The molecule has 0 aliphatic heterocycles. The van der Waals surface area contributed by atoms with Crippen molar-refractivity contribution in [1.82, 2.24) is 14.5 Å². The molecule has 0 unspecified atom stereocenters. The number of Topliss-reactive ketones (excluding diaryl/α,β-unsaturated/α-hetero) is 1. The Labute approximate surface area is 154 Å². The molecule has 3 N–H and O–H groups in total. The number of nitrogens with one attached hydrogen (secondary N) is 1. The lowest BCUT2D eigenvalue weighted by Gasteiger charge is -2.16. The highest BCUT2D eigenvalue weighted by molar-refractivity contribution is 6.01. The van der Waals surface area contributed by atoms with E-state index >= 15 is 0 Å². The van der Waals surface area contributed by atoms with E-state index in [0.717, 1.165) is 16.7 Å². The van der Waals surface area contributed by atoms with Crippen LogP contribution in [0.3, 0.4) is 0 Å². The molecule has 0 spiro atoms. The second-order valence-corrected chi connectivity index (χ2v) is 6.25. The summed E-state index contributed by atoms with van der Waals surface area (Å²) in [5.74, 6) is -2.24. The number of hydrogen-bond acceptors (Lipinski definition) is 5. The molecule has 1 aromatic carbocycles. The molecule has 0 saturated carbocycles. The molecule has 1 atom stereocenters. The van der Waals surface area contributed by atoms with Crippen molar-refractivity contribution in [1.29, 1.82) is 0 Å². The Morgan fingerprint density at radius 1 is 1.30 bits per heavy atom. The van der Waals surface area contributed by atoms with Gasteiger partial charge in [0.15, 0.2) is 5.78 Å². The van der Waals surface area contributed by atoms with Gasteiger partial charge in [-0.2, -0.15) is 0 Å². The number of nitrogen functional groups attached to an aromatic ring is 1. The first kappa shape index (κ1) is 20.5. The fraction of sp³-hybridized carbons (Fsp3) is 0.389. The van der Waals surface area contributed by atoms with Gasteiger partial charge in [-0.1, -0.05) is 13.0 Å². The molecule has 2 aromatic rings. The maximum Gasteiger partial charge on any atom is 0.332 e. The van der Waals surface area contributed by atoms with Crippen LogP contribution in [-0.4, -0.2) is 21.5 Å². The van der Waals surface area contributed by atoms with Gasteiger partial charge in [-0.05, 0) is 19.4 Å². The van der Waals surface area contributed by atoms with E-state index in [4.69, 9.17) is 5.73 Å². The van der Waals surface area contributed by atoms with Crippen molar-refractivity contribution in [3.63, 3.8) is 0 Å². The van der Waals surface area contributed by atoms with Gasteiger partial charge < -0.3 is 11.1 Å². The molecule has 0 bridgehead atoms. The van der Waals surface area contributed by atoms with E-state index in [1.807, 2.05) is 6.92 Å². The molecule has 0 fully saturated rings. The summed E-state index contributed by atoms with van der Waals surface area (Å²) in [6, 6.07) is 2.54. The molecule has 9 heteroatoms. The first-order chi connectivity index (χ1) is 12.7. The van der Waals surface area contributed by atoms with Gasteiger partial charge in [-0.15, -0.1) is 0 Å². The molecule has 0 amide bonds. The predicted octanol–water partition coefficient (Wildman–Crippen LogP) is 1.35. The molecular formula is C18H22F2N4O3. The van der Waals surface area contributed by atoms with E-state index in [-0.39, 0.29) is 30.0 Å². The SMILES string of the molecule is CCCn1c(N)c(C(=O)CN[C@H](C)c2ccc(F)cc2F)c(=O)n(C)c1=O. The zero-order valence-corrected chi connectivity index (χ0v) is 15.4. The monoisotopic (exact) mass is 380 g/mol. The van der Waals surface area contributed by atoms with Crippen molar-refractivity contribution in [3.8, 4) is 0 Å². The normalized spacial score (nSPS) is 12.2. The van der Waals surface area contributed by atoms with Gasteiger partial charge in [-0.25, -0.2) is 13.6 Å². The highest BCUT2D eigenvalue weighted by Gasteiger charge is 2.22. The van der Waals surface area contributed by atoms with Crippen LogP contribution in [0.5, 0.6) is 0 Å². The molecule has 0 aliphatic carbocycles. The third-order valence-electron chi connectivity index (χ3n) is 4.31. The molecule has 27 heavy (non-hydrogen) atoms. The lowest BCUT2D eigenvalue weighted by molar-refractivity contribution is 0.0985. The minimum absolute atomic E-state index is 0.182. The molecule has 7 nitrogen and oxygen atoms in total. The van der Waals surface area contributed by atoms with Crippen LogP contribution in [0.25, 0.3) is 0 Å². The molecule has 146 valence electrons. The summed E-state index contributed by atoms with van der Waals surface area (Å²) in [4.78, 5) is 37.0. The van der Waals surface area contributed by atoms with Crippen molar-refractivity contribution in [3.05, 3.63) is 61.8 Å². The summed E-state index contributed by atoms with van der Waals surface area (Å²) in [6.45, 7) is 3.40. The summed E-state index contributed by atoms with van der Waals surface area (Å²) >= 11 is 0. The molecule has 0 radical (unpaired) electrons. The van der Waals surface area contributed by atoms with E-state index in [1.165, 1.54) is 17.7 Å². The number of aromatic nitrogens is 2. The Kier molecular flexibility index (Phi) is 6.27. The van der Waals surface area contributed by atoms with Crippen molar-refractivity contribution >= 4 is 11.6 Å². The van der Waals surface area contributed by atoms with E-state index in [0.29, 0.717) is 6.42 Å². The molecule has 1 heterocycles. The van der Waals surface area contributed by atoms with E-state index in [2.05, 4.69) is 5.32 Å². The van der Waals surface area contributed by atoms with Crippen LogP contribution in [0, 0.1) is 11.6 Å². The molecule has 2 rings (SSSR count). The van der Waals surface area contributed by atoms with Crippen LogP contribution >= 0.6 is 0 Å². The van der Waals surface area contributed by atoms with E-state index in [9.17, 15) is 23.2 Å². The Morgan fingerprint density at radius 3 is 2.56 bits per heavy atom. The molecule has 0 saturated heterocycles. The maximum atomic E-state index is 13.8. The fourth-order valence-electron chi connectivity index (χ4n) is 2.78. The van der Waals surface area contributed by atoms with Gasteiger partial charge in [0.05, 0.1) is 6.54 Å². The minimum Gasteiger partial charge on any atom is -0.384 e. The first-order valence-electron chi connectivity index (χ1n) is 8.49. The first-order valence-corrected chi connectivity index (χ1v) is 8.49.